The third-order valence-electron chi connectivity index (χ3n) is 3.32. The van der Waals surface area contributed by atoms with Crippen LogP contribution in [0.3, 0.4) is 0 Å². The summed E-state index contributed by atoms with van der Waals surface area (Å²) < 4.78 is 1.37. The van der Waals surface area contributed by atoms with Gasteiger partial charge in [-0.05, 0) is 19.4 Å². The summed E-state index contributed by atoms with van der Waals surface area (Å²) in [5.74, 6) is -1.04. The fraction of sp³-hybridized carbons (Fsp3) is 0.400. The molecule has 0 atom stereocenters. The van der Waals surface area contributed by atoms with Crippen molar-refractivity contribution in [1.82, 2.24) is 9.55 Å². The molecule has 0 saturated heterocycles. The summed E-state index contributed by atoms with van der Waals surface area (Å²) in [4.78, 5) is 28.1. The summed E-state index contributed by atoms with van der Waals surface area (Å²) in [7, 11) is 0. The molecule has 0 bridgehead atoms. The van der Waals surface area contributed by atoms with Crippen molar-refractivity contribution >= 4 is 17.3 Å². The molecule has 5 nitrogen and oxygen atoms in total. The van der Waals surface area contributed by atoms with E-state index in [1.807, 2.05) is 26.2 Å². The number of nitrogens with zero attached hydrogens (tertiary/aromatic N) is 2. The molecule has 0 aliphatic rings. The third kappa shape index (κ3) is 2.76. The van der Waals surface area contributed by atoms with Gasteiger partial charge in [0.1, 0.15) is 0 Å². The summed E-state index contributed by atoms with van der Waals surface area (Å²) in [5.41, 5.74) is 1.53. The molecule has 0 unspecified atom stereocenters. The summed E-state index contributed by atoms with van der Waals surface area (Å²) in [6.45, 7) is 9.39. The molecular weight excluding hydrogens is 288 g/mol. The van der Waals surface area contributed by atoms with E-state index in [2.05, 4.69) is 4.98 Å². The lowest BCUT2D eigenvalue weighted by molar-refractivity contribution is 0.0694. The van der Waals surface area contributed by atoms with Crippen molar-refractivity contribution in [2.24, 2.45) is 0 Å². The molecular formula is C15H18N2O3S. The van der Waals surface area contributed by atoms with E-state index >= 15 is 0 Å². The molecule has 2 aromatic rings. The van der Waals surface area contributed by atoms with Crippen LogP contribution in [-0.4, -0.2) is 20.6 Å². The Bertz CT molecular complexity index is 766. The van der Waals surface area contributed by atoms with Gasteiger partial charge in [-0.15, -0.1) is 11.3 Å². The number of carboxylic acids is 1. The third-order valence-corrected chi connectivity index (χ3v) is 4.14. The number of thiazole rings is 1. The van der Waals surface area contributed by atoms with Crippen LogP contribution in [0.15, 0.2) is 16.2 Å². The average molecular weight is 306 g/mol. The predicted molar refractivity (Wildman–Crippen MR) is 82.8 cm³/mol. The second-order valence-corrected chi connectivity index (χ2v) is 6.87. The van der Waals surface area contributed by atoms with Crippen LogP contribution in [0, 0.1) is 13.8 Å². The van der Waals surface area contributed by atoms with E-state index < -0.39 is 5.97 Å². The number of aromatic nitrogens is 2. The smallest absolute Gasteiger partial charge is 0.337 e. The Balaban J connectivity index is 2.70. The first-order chi connectivity index (χ1) is 9.62. The zero-order valence-corrected chi connectivity index (χ0v) is 13.5. The van der Waals surface area contributed by atoms with Gasteiger partial charge >= 0.3 is 5.97 Å². The molecule has 2 heterocycles. The predicted octanol–water partition coefficient (Wildman–Crippen LogP) is 2.91. The number of carboxylic acid groups (broad SMARTS) is 1. The monoisotopic (exact) mass is 306 g/mol. The zero-order valence-electron chi connectivity index (χ0n) is 12.7. The first-order valence-electron chi connectivity index (χ1n) is 6.56. The molecule has 0 fully saturated rings. The average Bonchev–Trinajstić information content (AvgIpc) is 2.76. The summed E-state index contributed by atoms with van der Waals surface area (Å²) in [6.07, 6.45) is 0. The Kier molecular flexibility index (Phi) is 3.76. The van der Waals surface area contributed by atoms with Crippen LogP contribution >= 0.6 is 11.3 Å². The summed E-state index contributed by atoms with van der Waals surface area (Å²) >= 11 is 1.34. The standard InChI is InChI=1S/C15H18N2O3S/c1-8-6-11(18)17(9(2)12(8)13(19)20)14-16-10(7-21-14)15(3,4)5/h6-7H,1-5H3,(H,19,20). The van der Waals surface area contributed by atoms with Gasteiger partial charge in [-0.2, -0.15) is 0 Å². The van der Waals surface area contributed by atoms with E-state index in [0.29, 0.717) is 16.4 Å². The normalized spacial score (nSPS) is 11.7. The summed E-state index contributed by atoms with van der Waals surface area (Å²) in [5, 5.41) is 11.7. The molecule has 0 aromatic carbocycles. The Morgan fingerprint density at radius 1 is 1.33 bits per heavy atom. The SMILES string of the molecule is Cc1cc(=O)n(-c2nc(C(C)(C)C)cs2)c(C)c1C(=O)O. The van der Waals surface area contributed by atoms with Crippen molar-refractivity contribution in [3.8, 4) is 5.13 Å². The lowest BCUT2D eigenvalue weighted by Gasteiger charge is -2.15. The number of hydrogen-bond donors (Lipinski definition) is 1. The van der Waals surface area contributed by atoms with Gasteiger partial charge < -0.3 is 5.11 Å². The highest BCUT2D eigenvalue weighted by molar-refractivity contribution is 7.12. The van der Waals surface area contributed by atoms with Crippen molar-refractivity contribution in [2.45, 2.75) is 40.0 Å². The van der Waals surface area contributed by atoms with Crippen LogP contribution in [-0.2, 0) is 5.41 Å². The molecule has 1 N–H and O–H groups in total. The Morgan fingerprint density at radius 2 is 1.95 bits per heavy atom. The number of rotatable bonds is 2. The number of aryl methyl sites for hydroxylation is 1. The minimum Gasteiger partial charge on any atom is -0.478 e. The van der Waals surface area contributed by atoms with Crippen LogP contribution in [0.4, 0.5) is 0 Å². The van der Waals surface area contributed by atoms with E-state index in [0.717, 1.165) is 5.69 Å². The van der Waals surface area contributed by atoms with Gasteiger partial charge in [-0.3, -0.25) is 9.36 Å². The molecule has 0 amide bonds. The number of aromatic carboxylic acids is 1. The Labute approximate surface area is 126 Å². The molecule has 0 aliphatic heterocycles. The minimum absolute atomic E-state index is 0.118. The van der Waals surface area contributed by atoms with Crippen LogP contribution in [0.2, 0.25) is 0 Å². The van der Waals surface area contributed by atoms with Gasteiger partial charge in [0, 0.05) is 22.6 Å². The first kappa shape index (κ1) is 15.4. The Morgan fingerprint density at radius 3 is 2.43 bits per heavy atom. The summed E-state index contributed by atoms with van der Waals surface area (Å²) in [6, 6.07) is 1.34. The van der Waals surface area contributed by atoms with E-state index in [9.17, 15) is 14.7 Å². The maximum atomic E-state index is 12.2. The lowest BCUT2D eigenvalue weighted by Crippen LogP contribution is -2.24. The van der Waals surface area contributed by atoms with E-state index in [-0.39, 0.29) is 16.5 Å². The van der Waals surface area contributed by atoms with Gasteiger partial charge in [0.25, 0.3) is 5.56 Å². The van der Waals surface area contributed by atoms with Gasteiger partial charge in [0.05, 0.1) is 11.3 Å². The quantitative estimate of drug-likeness (QED) is 0.926. The van der Waals surface area contributed by atoms with Crippen LogP contribution < -0.4 is 5.56 Å². The van der Waals surface area contributed by atoms with Crippen molar-refractivity contribution < 1.29 is 9.90 Å². The van der Waals surface area contributed by atoms with Crippen LogP contribution in [0.25, 0.3) is 5.13 Å². The van der Waals surface area contributed by atoms with Crippen LogP contribution in [0.1, 0.15) is 48.1 Å². The van der Waals surface area contributed by atoms with Crippen molar-refractivity contribution in [1.29, 1.82) is 0 Å². The molecule has 112 valence electrons. The van der Waals surface area contributed by atoms with E-state index in [4.69, 9.17) is 0 Å². The first-order valence-corrected chi connectivity index (χ1v) is 7.44. The van der Waals surface area contributed by atoms with E-state index in [1.165, 1.54) is 22.0 Å². The lowest BCUT2D eigenvalue weighted by atomic mass is 9.93. The fourth-order valence-electron chi connectivity index (χ4n) is 2.16. The topological polar surface area (TPSA) is 72.2 Å². The van der Waals surface area contributed by atoms with E-state index in [1.54, 1.807) is 13.8 Å². The van der Waals surface area contributed by atoms with Crippen molar-refractivity contribution in [3.05, 3.63) is 44.3 Å². The van der Waals surface area contributed by atoms with Gasteiger partial charge in [0.2, 0.25) is 0 Å². The fourth-order valence-corrected chi connectivity index (χ4v) is 3.26. The zero-order chi connectivity index (χ0) is 15.9. The molecule has 21 heavy (non-hydrogen) atoms. The maximum Gasteiger partial charge on any atom is 0.337 e. The molecule has 0 spiro atoms. The molecule has 0 saturated carbocycles. The van der Waals surface area contributed by atoms with Crippen LogP contribution in [0.5, 0.6) is 0 Å². The highest BCUT2D eigenvalue weighted by Gasteiger charge is 2.21. The second-order valence-electron chi connectivity index (χ2n) is 6.03. The number of hydrogen-bond acceptors (Lipinski definition) is 4. The molecule has 2 aromatic heterocycles. The van der Waals surface area contributed by atoms with Gasteiger partial charge in [-0.25, -0.2) is 9.78 Å². The molecule has 0 radical (unpaired) electrons. The maximum absolute atomic E-state index is 12.2. The highest BCUT2D eigenvalue weighted by atomic mass is 32.1. The largest absolute Gasteiger partial charge is 0.478 e. The highest BCUT2D eigenvalue weighted by Crippen LogP contribution is 2.26. The minimum atomic E-state index is -1.04. The number of carbonyl (C=O) groups is 1. The van der Waals surface area contributed by atoms with Crippen molar-refractivity contribution in [3.63, 3.8) is 0 Å². The van der Waals surface area contributed by atoms with Gasteiger partial charge in [-0.1, -0.05) is 20.8 Å². The van der Waals surface area contributed by atoms with Crippen molar-refractivity contribution in [2.75, 3.05) is 0 Å². The molecule has 0 aliphatic carbocycles. The Hall–Kier alpha value is -1.95. The molecule has 6 heteroatoms. The van der Waals surface area contributed by atoms with Gasteiger partial charge in [0.15, 0.2) is 5.13 Å². The molecule has 2 rings (SSSR count). The second kappa shape index (κ2) is 5.11. The number of pyridine rings is 1.